The van der Waals surface area contributed by atoms with Crippen LogP contribution in [0.2, 0.25) is 0 Å². The van der Waals surface area contributed by atoms with E-state index in [2.05, 4.69) is 15.4 Å². The minimum absolute atomic E-state index is 0.0949. The normalized spacial score (nSPS) is 11.6. The van der Waals surface area contributed by atoms with Gasteiger partial charge < -0.3 is 25.8 Å². The topological polar surface area (TPSA) is 103 Å². The highest BCUT2D eigenvalue weighted by Gasteiger charge is 2.16. The lowest BCUT2D eigenvalue weighted by atomic mass is 10.1. The molecule has 1 unspecified atom stereocenters. The summed E-state index contributed by atoms with van der Waals surface area (Å²) in [5.41, 5.74) is 6.48. The van der Waals surface area contributed by atoms with E-state index in [0.29, 0.717) is 5.69 Å². The first-order valence-electron chi connectivity index (χ1n) is 7.90. The predicted molar refractivity (Wildman–Crippen MR) is 95.2 cm³/mol. The zero-order valence-corrected chi connectivity index (χ0v) is 14.7. The Hall–Kier alpha value is -3.36. The molecule has 7 nitrogen and oxygen atoms in total. The zero-order chi connectivity index (χ0) is 20.0. The molecular weight excluding hydrogens is 360 g/mol. The lowest BCUT2D eigenvalue weighted by Gasteiger charge is -2.16. The van der Waals surface area contributed by atoms with Crippen LogP contribution in [0.4, 0.5) is 19.3 Å². The first-order chi connectivity index (χ1) is 12.8. The first kappa shape index (κ1) is 20.0. The molecule has 2 rings (SSSR count). The number of ether oxygens (including phenoxy) is 2. The number of methoxy groups -OCH3 is 1. The Labute approximate surface area is 154 Å². The van der Waals surface area contributed by atoms with Gasteiger partial charge in [-0.1, -0.05) is 12.1 Å². The van der Waals surface area contributed by atoms with E-state index >= 15 is 0 Å². The maximum atomic E-state index is 12.5. The smallest absolute Gasteiger partial charge is 0.387 e. The largest absolute Gasteiger partial charge is 0.493 e. The van der Waals surface area contributed by atoms with E-state index in [4.69, 9.17) is 10.5 Å². The molecule has 0 saturated carbocycles. The van der Waals surface area contributed by atoms with Crippen molar-refractivity contribution in [1.29, 1.82) is 0 Å². The Morgan fingerprint density at radius 2 is 1.74 bits per heavy atom. The number of rotatable bonds is 7. The summed E-state index contributed by atoms with van der Waals surface area (Å²) in [5.74, 6) is -0.601. The number of hydrogen-bond acceptors (Lipinski definition) is 4. The van der Waals surface area contributed by atoms with Crippen LogP contribution in [0.5, 0.6) is 11.5 Å². The average molecular weight is 379 g/mol. The molecule has 0 aliphatic heterocycles. The molecule has 0 radical (unpaired) electrons. The SMILES string of the molecule is COc1ccc(C(=O)NC(C)c2ccc(NC(N)=O)cc2)cc1OC(F)F. The van der Waals surface area contributed by atoms with Crippen molar-refractivity contribution < 1.29 is 27.8 Å². The van der Waals surface area contributed by atoms with Crippen LogP contribution >= 0.6 is 0 Å². The molecule has 2 aromatic carbocycles. The van der Waals surface area contributed by atoms with Crippen LogP contribution < -0.4 is 25.8 Å². The molecule has 0 heterocycles. The Kier molecular flexibility index (Phi) is 6.53. The Morgan fingerprint density at radius 3 is 2.30 bits per heavy atom. The quantitative estimate of drug-likeness (QED) is 0.687. The van der Waals surface area contributed by atoms with E-state index in [0.717, 1.165) is 5.56 Å². The summed E-state index contributed by atoms with van der Waals surface area (Å²) in [6.07, 6.45) is 0. The van der Waals surface area contributed by atoms with Crippen molar-refractivity contribution in [3.8, 4) is 11.5 Å². The summed E-state index contributed by atoms with van der Waals surface area (Å²) in [6.45, 7) is -1.28. The van der Waals surface area contributed by atoms with Gasteiger partial charge in [0.1, 0.15) is 0 Å². The molecule has 0 bridgehead atoms. The number of carbonyl (C=O) groups is 2. The molecule has 9 heteroatoms. The molecule has 144 valence electrons. The van der Waals surface area contributed by atoms with Gasteiger partial charge in [-0.3, -0.25) is 4.79 Å². The minimum atomic E-state index is -3.04. The molecule has 4 N–H and O–H groups in total. The zero-order valence-electron chi connectivity index (χ0n) is 14.7. The number of anilines is 1. The Balaban J connectivity index is 2.10. The van der Waals surface area contributed by atoms with Gasteiger partial charge in [-0.05, 0) is 42.8 Å². The Bertz CT molecular complexity index is 813. The molecular formula is C18H19F2N3O4. The summed E-state index contributed by atoms with van der Waals surface area (Å²) >= 11 is 0. The van der Waals surface area contributed by atoms with Crippen molar-refractivity contribution in [3.63, 3.8) is 0 Å². The fourth-order valence-electron chi connectivity index (χ4n) is 2.37. The maximum absolute atomic E-state index is 12.5. The molecule has 3 amide bonds. The first-order valence-corrected chi connectivity index (χ1v) is 7.90. The second-order valence-electron chi connectivity index (χ2n) is 5.55. The molecule has 27 heavy (non-hydrogen) atoms. The number of nitrogens with two attached hydrogens (primary N) is 1. The number of urea groups is 1. The number of amides is 3. The number of alkyl halides is 2. The van der Waals surface area contributed by atoms with Crippen LogP contribution in [0, 0.1) is 0 Å². The lowest BCUT2D eigenvalue weighted by molar-refractivity contribution is -0.0512. The van der Waals surface area contributed by atoms with Gasteiger partial charge in [0, 0.05) is 11.3 Å². The molecule has 0 aliphatic carbocycles. The fraction of sp³-hybridized carbons (Fsp3) is 0.222. The highest BCUT2D eigenvalue weighted by Crippen LogP contribution is 2.29. The van der Waals surface area contributed by atoms with Crippen molar-refractivity contribution in [2.75, 3.05) is 12.4 Å². The number of carbonyl (C=O) groups excluding carboxylic acids is 2. The maximum Gasteiger partial charge on any atom is 0.387 e. The third-order valence-corrected chi connectivity index (χ3v) is 3.67. The molecule has 1 atom stereocenters. The third kappa shape index (κ3) is 5.56. The van der Waals surface area contributed by atoms with E-state index in [1.54, 1.807) is 31.2 Å². The number of nitrogens with one attached hydrogen (secondary N) is 2. The number of halogens is 2. The van der Waals surface area contributed by atoms with Crippen LogP contribution in [0.3, 0.4) is 0 Å². The van der Waals surface area contributed by atoms with E-state index < -0.39 is 18.5 Å². The molecule has 0 fully saturated rings. The standard InChI is InChI=1S/C18H19F2N3O4/c1-10(11-3-6-13(7-4-11)23-18(21)25)22-16(24)12-5-8-14(26-2)15(9-12)27-17(19)20/h3-10,17H,1-2H3,(H,22,24)(H3,21,23,25). The second-order valence-corrected chi connectivity index (χ2v) is 5.55. The van der Waals surface area contributed by atoms with Crippen LogP contribution in [-0.4, -0.2) is 25.7 Å². The van der Waals surface area contributed by atoms with Crippen molar-refractivity contribution in [2.24, 2.45) is 5.73 Å². The van der Waals surface area contributed by atoms with Crippen molar-refractivity contribution >= 4 is 17.6 Å². The minimum Gasteiger partial charge on any atom is -0.493 e. The van der Waals surface area contributed by atoms with E-state index in [1.165, 1.54) is 25.3 Å². The highest BCUT2D eigenvalue weighted by molar-refractivity contribution is 5.95. The van der Waals surface area contributed by atoms with Crippen molar-refractivity contribution in [3.05, 3.63) is 53.6 Å². The van der Waals surface area contributed by atoms with Crippen LogP contribution in [0.15, 0.2) is 42.5 Å². The van der Waals surface area contributed by atoms with Gasteiger partial charge in [-0.2, -0.15) is 8.78 Å². The van der Waals surface area contributed by atoms with E-state index in [1.807, 2.05) is 0 Å². The van der Waals surface area contributed by atoms with Crippen LogP contribution in [-0.2, 0) is 0 Å². The molecule has 0 aliphatic rings. The van der Waals surface area contributed by atoms with E-state index in [9.17, 15) is 18.4 Å². The number of hydrogen-bond donors (Lipinski definition) is 3. The van der Waals surface area contributed by atoms with Gasteiger partial charge in [-0.25, -0.2) is 4.79 Å². The fourth-order valence-corrected chi connectivity index (χ4v) is 2.37. The predicted octanol–water partition coefficient (Wildman–Crippen LogP) is 3.28. The Morgan fingerprint density at radius 1 is 1.07 bits per heavy atom. The van der Waals surface area contributed by atoms with E-state index in [-0.39, 0.29) is 23.1 Å². The molecule has 0 saturated heterocycles. The van der Waals surface area contributed by atoms with Gasteiger partial charge in [0.25, 0.3) is 5.91 Å². The van der Waals surface area contributed by atoms with Crippen LogP contribution in [0.25, 0.3) is 0 Å². The third-order valence-electron chi connectivity index (χ3n) is 3.67. The average Bonchev–Trinajstić information content (AvgIpc) is 2.61. The van der Waals surface area contributed by atoms with Gasteiger partial charge >= 0.3 is 12.6 Å². The summed E-state index contributed by atoms with van der Waals surface area (Å²) < 4.78 is 34.3. The molecule has 0 spiro atoms. The molecule has 2 aromatic rings. The summed E-state index contributed by atoms with van der Waals surface area (Å²) in [7, 11) is 1.31. The van der Waals surface area contributed by atoms with Gasteiger partial charge in [0.2, 0.25) is 0 Å². The van der Waals surface area contributed by atoms with Gasteiger partial charge in [0.15, 0.2) is 11.5 Å². The summed E-state index contributed by atoms with van der Waals surface area (Å²) in [6, 6.07) is 9.68. The number of benzene rings is 2. The second kappa shape index (κ2) is 8.84. The van der Waals surface area contributed by atoms with Crippen LogP contribution in [0.1, 0.15) is 28.9 Å². The number of primary amides is 1. The highest BCUT2D eigenvalue weighted by atomic mass is 19.3. The van der Waals surface area contributed by atoms with Gasteiger partial charge in [-0.15, -0.1) is 0 Å². The summed E-state index contributed by atoms with van der Waals surface area (Å²) in [4.78, 5) is 23.2. The molecule has 0 aromatic heterocycles. The lowest BCUT2D eigenvalue weighted by Crippen LogP contribution is -2.26. The van der Waals surface area contributed by atoms with Gasteiger partial charge in [0.05, 0.1) is 13.2 Å². The monoisotopic (exact) mass is 379 g/mol. The van der Waals surface area contributed by atoms with Crippen molar-refractivity contribution in [1.82, 2.24) is 5.32 Å². The van der Waals surface area contributed by atoms with Crippen molar-refractivity contribution in [2.45, 2.75) is 19.6 Å². The summed E-state index contributed by atoms with van der Waals surface area (Å²) in [5, 5.41) is 5.19.